The van der Waals surface area contributed by atoms with Gasteiger partial charge in [-0.2, -0.15) is 0 Å². The molecular weight excluding hydrogens is 184 g/mol. The van der Waals surface area contributed by atoms with E-state index in [-0.39, 0.29) is 0 Å². The molecule has 0 spiro atoms. The molecule has 2 nitrogen and oxygen atoms in total. The highest BCUT2D eigenvalue weighted by molar-refractivity contribution is 5.15. The van der Waals surface area contributed by atoms with E-state index in [9.17, 15) is 0 Å². The van der Waals surface area contributed by atoms with Gasteiger partial charge in [-0.3, -0.25) is 0 Å². The van der Waals surface area contributed by atoms with Gasteiger partial charge in [0, 0.05) is 12.1 Å². The Hall–Kier alpha value is -0.860. The Morgan fingerprint density at radius 2 is 2.00 bits per heavy atom. The van der Waals surface area contributed by atoms with Gasteiger partial charge in [-0.1, -0.05) is 30.3 Å². The van der Waals surface area contributed by atoms with Crippen molar-refractivity contribution in [1.82, 2.24) is 5.32 Å². The maximum atomic E-state index is 6.07. The topological polar surface area (TPSA) is 38.0 Å². The Morgan fingerprint density at radius 1 is 1.27 bits per heavy atom. The highest BCUT2D eigenvalue weighted by Crippen LogP contribution is 2.18. The Morgan fingerprint density at radius 3 is 2.67 bits per heavy atom. The SMILES string of the molecule is N[C@H](CCNC1CC1)Cc1ccccc1. The molecule has 1 saturated carbocycles. The zero-order valence-electron chi connectivity index (χ0n) is 9.15. The van der Waals surface area contributed by atoms with Crippen LogP contribution in [-0.4, -0.2) is 18.6 Å². The zero-order chi connectivity index (χ0) is 10.5. The van der Waals surface area contributed by atoms with E-state index in [0.717, 1.165) is 25.4 Å². The van der Waals surface area contributed by atoms with Crippen molar-refractivity contribution in [3.05, 3.63) is 35.9 Å². The van der Waals surface area contributed by atoms with Crippen molar-refractivity contribution in [2.45, 2.75) is 37.8 Å². The lowest BCUT2D eigenvalue weighted by atomic mass is 10.0. The predicted molar refractivity (Wildman–Crippen MR) is 63.8 cm³/mol. The fraction of sp³-hybridized carbons (Fsp3) is 0.538. The molecule has 1 aromatic carbocycles. The van der Waals surface area contributed by atoms with Crippen LogP contribution in [0.15, 0.2) is 30.3 Å². The summed E-state index contributed by atoms with van der Waals surface area (Å²) >= 11 is 0. The molecular formula is C13H20N2. The van der Waals surface area contributed by atoms with Gasteiger partial charge < -0.3 is 11.1 Å². The highest BCUT2D eigenvalue weighted by atomic mass is 14.9. The number of rotatable bonds is 6. The van der Waals surface area contributed by atoms with Gasteiger partial charge in [0.2, 0.25) is 0 Å². The molecule has 0 saturated heterocycles. The molecule has 1 aliphatic rings. The van der Waals surface area contributed by atoms with Crippen LogP contribution in [0.5, 0.6) is 0 Å². The molecule has 1 atom stereocenters. The molecule has 15 heavy (non-hydrogen) atoms. The maximum Gasteiger partial charge on any atom is 0.00914 e. The molecule has 0 aromatic heterocycles. The van der Waals surface area contributed by atoms with Gasteiger partial charge in [-0.05, 0) is 37.8 Å². The van der Waals surface area contributed by atoms with E-state index in [2.05, 4.69) is 29.6 Å². The van der Waals surface area contributed by atoms with E-state index >= 15 is 0 Å². The van der Waals surface area contributed by atoms with E-state index in [1.807, 2.05) is 6.07 Å². The standard InChI is InChI=1S/C13H20N2/c14-12(8-9-15-13-6-7-13)10-11-4-2-1-3-5-11/h1-5,12-13,15H,6-10,14H2/t12-/m1/s1. The summed E-state index contributed by atoms with van der Waals surface area (Å²) in [5.41, 5.74) is 7.42. The third-order valence-corrected chi connectivity index (χ3v) is 2.87. The summed E-state index contributed by atoms with van der Waals surface area (Å²) in [6.45, 7) is 1.07. The van der Waals surface area contributed by atoms with Crippen LogP contribution in [0.2, 0.25) is 0 Å². The van der Waals surface area contributed by atoms with Crippen LogP contribution in [-0.2, 0) is 6.42 Å². The third-order valence-electron chi connectivity index (χ3n) is 2.87. The van der Waals surface area contributed by atoms with Crippen LogP contribution in [0.1, 0.15) is 24.8 Å². The minimum absolute atomic E-state index is 0.290. The molecule has 1 aliphatic carbocycles. The minimum Gasteiger partial charge on any atom is -0.327 e. The molecule has 82 valence electrons. The van der Waals surface area contributed by atoms with Crippen molar-refractivity contribution in [3.8, 4) is 0 Å². The van der Waals surface area contributed by atoms with Crippen LogP contribution in [0.25, 0.3) is 0 Å². The first-order chi connectivity index (χ1) is 7.34. The summed E-state index contributed by atoms with van der Waals surface area (Å²) in [5.74, 6) is 0. The summed E-state index contributed by atoms with van der Waals surface area (Å²) < 4.78 is 0. The molecule has 0 bridgehead atoms. The molecule has 0 unspecified atom stereocenters. The first-order valence-corrected chi connectivity index (χ1v) is 5.87. The van der Waals surface area contributed by atoms with Gasteiger partial charge in [-0.25, -0.2) is 0 Å². The van der Waals surface area contributed by atoms with Gasteiger partial charge in [-0.15, -0.1) is 0 Å². The normalized spacial score (nSPS) is 17.7. The van der Waals surface area contributed by atoms with Crippen molar-refractivity contribution < 1.29 is 0 Å². The highest BCUT2D eigenvalue weighted by Gasteiger charge is 2.19. The molecule has 1 fully saturated rings. The fourth-order valence-corrected chi connectivity index (χ4v) is 1.78. The number of benzene rings is 1. The van der Waals surface area contributed by atoms with Gasteiger partial charge in [0.15, 0.2) is 0 Å². The third kappa shape index (κ3) is 4.02. The summed E-state index contributed by atoms with van der Waals surface area (Å²) in [6.07, 6.45) is 4.78. The van der Waals surface area contributed by atoms with Crippen molar-refractivity contribution in [1.29, 1.82) is 0 Å². The monoisotopic (exact) mass is 204 g/mol. The molecule has 0 radical (unpaired) electrons. The number of hydrogen-bond acceptors (Lipinski definition) is 2. The largest absolute Gasteiger partial charge is 0.327 e. The quantitative estimate of drug-likeness (QED) is 0.740. The van der Waals surface area contributed by atoms with Crippen molar-refractivity contribution in [2.75, 3.05) is 6.54 Å². The molecule has 2 rings (SSSR count). The predicted octanol–water partition coefficient (Wildman–Crippen LogP) is 1.70. The number of hydrogen-bond donors (Lipinski definition) is 2. The molecule has 2 heteroatoms. The second-order valence-corrected chi connectivity index (χ2v) is 4.47. The zero-order valence-corrected chi connectivity index (χ0v) is 9.15. The fourth-order valence-electron chi connectivity index (χ4n) is 1.78. The average Bonchev–Trinajstić information content (AvgIpc) is 3.03. The van der Waals surface area contributed by atoms with E-state index in [1.54, 1.807) is 0 Å². The summed E-state index contributed by atoms with van der Waals surface area (Å²) in [6, 6.07) is 11.6. The molecule has 3 N–H and O–H groups in total. The summed E-state index contributed by atoms with van der Waals surface area (Å²) in [7, 11) is 0. The van der Waals surface area contributed by atoms with Gasteiger partial charge in [0.25, 0.3) is 0 Å². The minimum atomic E-state index is 0.290. The van der Waals surface area contributed by atoms with Gasteiger partial charge in [0.1, 0.15) is 0 Å². The lowest BCUT2D eigenvalue weighted by Crippen LogP contribution is -2.29. The lowest BCUT2D eigenvalue weighted by molar-refractivity contribution is 0.557. The first kappa shape index (κ1) is 10.7. The summed E-state index contributed by atoms with van der Waals surface area (Å²) in [4.78, 5) is 0. The van der Waals surface area contributed by atoms with Crippen molar-refractivity contribution in [2.24, 2.45) is 5.73 Å². The first-order valence-electron chi connectivity index (χ1n) is 5.87. The lowest BCUT2D eigenvalue weighted by Gasteiger charge is -2.11. The second kappa shape index (κ2) is 5.29. The Kier molecular flexibility index (Phi) is 3.75. The van der Waals surface area contributed by atoms with Crippen LogP contribution in [0.4, 0.5) is 0 Å². The van der Waals surface area contributed by atoms with Gasteiger partial charge >= 0.3 is 0 Å². The molecule has 1 aromatic rings. The van der Waals surface area contributed by atoms with E-state index in [1.165, 1.54) is 18.4 Å². The van der Waals surface area contributed by atoms with E-state index in [0.29, 0.717) is 6.04 Å². The van der Waals surface area contributed by atoms with Crippen LogP contribution >= 0.6 is 0 Å². The van der Waals surface area contributed by atoms with Gasteiger partial charge in [0.05, 0.1) is 0 Å². The maximum absolute atomic E-state index is 6.07. The van der Waals surface area contributed by atoms with Crippen LogP contribution in [0.3, 0.4) is 0 Å². The Balaban J connectivity index is 1.65. The van der Waals surface area contributed by atoms with Crippen LogP contribution < -0.4 is 11.1 Å². The number of nitrogens with two attached hydrogens (primary N) is 1. The number of nitrogens with one attached hydrogen (secondary N) is 1. The molecule has 0 amide bonds. The van der Waals surface area contributed by atoms with Crippen molar-refractivity contribution >= 4 is 0 Å². The molecule has 0 heterocycles. The Bertz CT molecular complexity index is 280. The van der Waals surface area contributed by atoms with E-state index < -0.39 is 0 Å². The second-order valence-electron chi connectivity index (χ2n) is 4.47. The summed E-state index contributed by atoms with van der Waals surface area (Å²) in [5, 5.41) is 3.49. The van der Waals surface area contributed by atoms with Crippen molar-refractivity contribution in [3.63, 3.8) is 0 Å². The average molecular weight is 204 g/mol. The smallest absolute Gasteiger partial charge is 0.00914 e. The molecule has 0 aliphatic heterocycles. The Labute approximate surface area is 91.9 Å². The van der Waals surface area contributed by atoms with E-state index in [4.69, 9.17) is 5.73 Å². The van der Waals surface area contributed by atoms with Crippen LogP contribution in [0, 0.1) is 0 Å².